The minimum atomic E-state index is -1.62. The first-order valence-corrected chi connectivity index (χ1v) is 10.9. The van der Waals surface area contributed by atoms with Crippen LogP contribution in [0.25, 0.3) is 0 Å². The van der Waals surface area contributed by atoms with Crippen LogP contribution in [0.5, 0.6) is 5.75 Å². The van der Waals surface area contributed by atoms with Crippen LogP contribution in [0, 0.1) is 0 Å². The first-order valence-electron chi connectivity index (χ1n) is 10.9. The van der Waals surface area contributed by atoms with E-state index in [4.69, 9.17) is 27.4 Å². The van der Waals surface area contributed by atoms with Gasteiger partial charge in [-0.1, -0.05) is 12.1 Å². The molecule has 200 valence electrons. The Kier molecular flexibility index (Phi) is 12.6. The second kappa shape index (κ2) is 15.1. The third-order valence-electron chi connectivity index (χ3n) is 4.92. The summed E-state index contributed by atoms with van der Waals surface area (Å²) in [5.74, 6) is -4.19. The summed E-state index contributed by atoms with van der Waals surface area (Å²) >= 11 is 0. The van der Waals surface area contributed by atoms with E-state index in [9.17, 15) is 29.4 Å². The molecule has 15 heteroatoms. The molecule has 0 saturated carbocycles. The Morgan fingerprint density at radius 3 is 1.94 bits per heavy atom. The molecule has 36 heavy (non-hydrogen) atoms. The Morgan fingerprint density at radius 2 is 1.42 bits per heavy atom. The fourth-order valence-corrected chi connectivity index (χ4v) is 2.94. The van der Waals surface area contributed by atoms with Gasteiger partial charge in [0.05, 0.1) is 13.2 Å². The smallest absolute Gasteiger partial charge is 0.328 e. The van der Waals surface area contributed by atoms with Crippen molar-refractivity contribution in [2.24, 2.45) is 22.2 Å². The van der Waals surface area contributed by atoms with Crippen molar-refractivity contribution in [1.29, 1.82) is 0 Å². The number of hydrogen-bond donors (Lipinski definition) is 10. The van der Waals surface area contributed by atoms with Crippen LogP contribution in [0.3, 0.4) is 0 Å². The molecule has 0 spiro atoms. The molecule has 3 amide bonds. The van der Waals surface area contributed by atoms with E-state index in [0.717, 1.165) is 0 Å². The highest BCUT2D eigenvalue weighted by molar-refractivity contribution is 5.94. The Morgan fingerprint density at radius 1 is 0.861 bits per heavy atom. The number of aliphatic hydroxyl groups is 2. The number of phenols is 1. The number of hydrogen-bond acceptors (Lipinski definition) is 9. The van der Waals surface area contributed by atoms with Gasteiger partial charge in [0.15, 0.2) is 5.96 Å². The van der Waals surface area contributed by atoms with Crippen LogP contribution < -0.4 is 33.2 Å². The Balaban J connectivity index is 3.12. The average molecular weight is 512 g/mol. The Labute approximate surface area is 206 Å². The molecule has 15 nitrogen and oxygen atoms in total. The number of benzene rings is 1. The first-order chi connectivity index (χ1) is 17.0. The molecule has 0 saturated heterocycles. The normalized spacial score (nSPS) is 14.0. The van der Waals surface area contributed by atoms with Crippen molar-refractivity contribution in [2.45, 2.75) is 43.4 Å². The summed E-state index contributed by atoms with van der Waals surface area (Å²) in [6.45, 7) is -1.41. The van der Waals surface area contributed by atoms with Gasteiger partial charge in [0.2, 0.25) is 17.7 Å². The molecule has 0 radical (unpaired) electrons. The van der Waals surface area contributed by atoms with Gasteiger partial charge < -0.3 is 53.6 Å². The van der Waals surface area contributed by atoms with E-state index in [1.807, 2.05) is 0 Å². The number of phenolic OH excluding ortho intramolecular Hbond substituents is 1. The predicted octanol–water partition coefficient (Wildman–Crippen LogP) is -4.16. The maximum absolute atomic E-state index is 13.1. The van der Waals surface area contributed by atoms with Crippen LogP contribution in [0.4, 0.5) is 0 Å². The number of nitrogens with two attached hydrogens (primary N) is 3. The van der Waals surface area contributed by atoms with E-state index < -0.39 is 61.1 Å². The number of aromatic hydroxyl groups is 1. The van der Waals surface area contributed by atoms with Crippen molar-refractivity contribution in [3.05, 3.63) is 29.8 Å². The minimum Gasteiger partial charge on any atom is -0.508 e. The summed E-state index contributed by atoms with van der Waals surface area (Å²) in [5.41, 5.74) is 16.6. The highest BCUT2D eigenvalue weighted by Gasteiger charge is 2.30. The van der Waals surface area contributed by atoms with Crippen LogP contribution in [-0.2, 0) is 25.6 Å². The molecule has 1 aromatic carbocycles. The largest absolute Gasteiger partial charge is 0.508 e. The number of aliphatic imine (C=N–C) groups is 1. The lowest BCUT2D eigenvalue weighted by atomic mass is 10.0. The number of aliphatic hydroxyl groups excluding tert-OH is 2. The van der Waals surface area contributed by atoms with Crippen LogP contribution in [0.2, 0.25) is 0 Å². The molecule has 0 bridgehead atoms. The molecule has 0 heterocycles. The standard InChI is InChI=1S/C21H33N7O8/c22-13(9-29)17(32)26-14(2-1-7-25-21(23)24)18(33)27-15(8-11-3-5-12(31)6-4-11)19(34)28-16(10-30)20(35)36/h3-6,13-16,29-31H,1-2,7-10,22H2,(H,26,32)(H,27,33)(H,28,34)(H,35,36)(H4,23,24,25). The molecule has 0 aliphatic rings. The summed E-state index contributed by atoms with van der Waals surface area (Å²) < 4.78 is 0. The van der Waals surface area contributed by atoms with Crippen LogP contribution in [0.1, 0.15) is 18.4 Å². The summed E-state index contributed by atoms with van der Waals surface area (Å²) in [6, 6.07) is 0.288. The summed E-state index contributed by atoms with van der Waals surface area (Å²) in [4.78, 5) is 53.1. The maximum atomic E-state index is 13.1. The number of rotatable bonds is 15. The van der Waals surface area contributed by atoms with E-state index in [2.05, 4.69) is 20.9 Å². The van der Waals surface area contributed by atoms with Crippen LogP contribution in [0.15, 0.2) is 29.3 Å². The lowest BCUT2D eigenvalue weighted by Gasteiger charge is -2.25. The molecule has 1 rings (SSSR count). The van der Waals surface area contributed by atoms with Gasteiger partial charge >= 0.3 is 5.97 Å². The average Bonchev–Trinajstić information content (AvgIpc) is 2.83. The Bertz CT molecular complexity index is 921. The molecular formula is C21H33N7O8. The highest BCUT2D eigenvalue weighted by atomic mass is 16.4. The van der Waals surface area contributed by atoms with Gasteiger partial charge in [-0.15, -0.1) is 0 Å². The molecule has 1 aromatic rings. The van der Waals surface area contributed by atoms with Crippen molar-refractivity contribution >= 4 is 29.7 Å². The lowest BCUT2D eigenvalue weighted by Crippen LogP contribution is -2.58. The fourth-order valence-electron chi connectivity index (χ4n) is 2.94. The number of carbonyl (C=O) groups excluding carboxylic acids is 3. The zero-order valence-electron chi connectivity index (χ0n) is 19.5. The van der Waals surface area contributed by atoms with Gasteiger partial charge in [-0.2, -0.15) is 0 Å². The summed E-state index contributed by atoms with van der Waals surface area (Å²) in [5, 5.41) is 44.0. The van der Waals surface area contributed by atoms with Gasteiger partial charge in [-0.25, -0.2) is 4.79 Å². The van der Waals surface area contributed by atoms with Crippen molar-refractivity contribution in [3.8, 4) is 5.75 Å². The molecular weight excluding hydrogens is 478 g/mol. The van der Waals surface area contributed by atoms with Crippen molar-refractivity contribution < 1.29 is 39.6 Å². The molecule has 4 atom stereocenters. The fraction of sp³-hybridized carbons (Fsp3) is 0.476. The second-order valence-electron chi connectivity index (χ2n) is 7.81. The predicted molar refractivity (Wildman–Crippen MR) is 127 cm³/mol. The van der Waals surface area contributed by atoms with Crippen molar-refractivity contribution in [1.82, 2.24) is 16.0 Å². The number of nitrogens with one attached hydrogen (secondary N) is 3. The second-order valence-corrected chi connectivity index (χ2v) is 7.81. The number of guanidine groups is 1. The molecule has 0 aromatic heterocycles. The molecule has 0 aliphatic carbocycles. The number of nitrogens with zero attached hydrogens (tertiary/aromatic N) is 1. The Hall–Kier alpha value is -3.95. The van der Waals surface area contributed by atoms with Gasteiger partial charge in [0.1, 0.15) is 29.9 Å². The van der Waals surface area contributed by atoms with E-state index in [1.54, 1.807) is 0 Å². The number of carboxylic acid groups (broad SMARTS) is 1. The van der Waals surface area contributed by atoms with Gasteiger partial charge in [-0.3, -0.25) is 19.4 Å². The molecule has 13 N–H and O–H groups in total. The zero-order chi connectivity index (χ0) is 27.3. The van der Waals surface area contributed by atoms with Crippen molar-refractivity contribution in [2.75, 3.05) is 19.8 Å². The first kappa shape index (κ1) is 30.1. The maximum Gasteiger partial charge on any atom is 0.328 e. The molecule has 0 fully saturated rings. The number of amides is 3. The monoisotopic (exact) mass is 511 g/mol. The number of aliphatic carboxylic acids is 1. The lowest BCUT2D eigenvalue weighted by molar-refractivity contribution is -0.143. The molecule has 0 aliphatic heterocycles. The van der Waals surface area contributed by atoms with Gasteiger partial charge in [0, 0.05) is 13.0 Å². The topological polar surface area (TPSA) is 276 Å². The number of carbonyl (C=O) groups is 4. The zero-order valence-corrected chi connectivity index (χ0v) is 19.5. The third kappa shape index (κ3) is 10.5. The van der Waals surface area contributed by atoms with Crippen LogP contribution >= 0.6 is 0 Å². The third-order valence-corrected chi connectivity index (χ3v) is 4.92. The van der Waals surface area contributed by atoms with Crippen molar-refractivity contribution in [3.63, 3.8) is 0 Å². The summed E-state index contributed by atoms with van der Waals surface area (Å²) in [6.07, 6.45) is 0.180. The molecule has 4 unspecified atom stereocenters. The van der Waals surface area contributed by atoms with E-state index in [-0.39, 0.29) is 37.5 Å². The minimum absolute atomic E-state index is 0.0289. The number of carboxylic acids is 1. The van der Waals surface area contributed by atoms with E-state index >= 15 is 0 Å². The van der Waals surface area contributed by atoms with E-state index in [0.29, 0.717) is 5.56 Å². The van der Waals surface area contributed by atoms with Gasteiger partial charge in [0.25, 0.3) is 0 Å². The quantitative estimate of drug-likeness (QED) is 0.0612. The van der Waals surface area contributed by atoms with E-state index in [1.165, 1.54) is 24.3 Å². The summed E-state index contributed by atoms with van der Waals surface area (Å²) in [7, 11) is 0. The SMILES string of the molecule is NC(N)=NCCCC(NC(=O)C(N)CO)C(=O)NC(Cc1ccc(O)cc1)C(=O)NC(CO)C(=O)O. The van der Waals surface area contributed by atoms with Gasteiger partial charge in [-0.05, 0) is 30.5 Å². The highest BCUT2D eigenvalue weighted by Crippen LogP contribution is 2.12. The van der Waals surface area contributed by atoms with Crippen LogP contribution in [-0.4, -0.2) is 94.0 Å².